The molecule has 1 fully saturated rings. The Balaban J connectivity index is 1.20. The maximum Gasteiger partial charge on any atom is 0.243 e. The van der Waals surface area contributed by atoms with Gasteiger partial charge in [-0.1, -0.05) is 12.5 Å². The van der Waals surface area contributed by atoms with Gasteiger partial charge in [0.05, 0.1) is 4.90 Å². The molecule has 33 heavy (non-hydrogen) atoms. The second kappa shape index (κ2) is 9.07. The minimum Gasteiger partial charge on any atom is -0.454 e. The van der Waals surface area contributed by atoms with E-state index in [9.17, 15) is 13.2 Å². The minimum atomic E-state index is -3.46. The number of hydrogen-bond acceptors (Lipinski definition) is 5. The first-order valence-corrected chi connectivity index (χ1v) is 12.7. The van der Waals surface area contributed by atoms with Gasteiger partial charge in [0.1, 0.15) is 0 Å². The van der Waals surface area contributed by atoms with E-state index in [1.54, 1.807) is 16.4 Å². The fraction of sp³-hybridized carbons (Fsp3) is 0.375. The van der Waals surface area contributed by atoms with Crippen LogP contribution in [0.5, 0.6) is 11.5 Å². The number of benzene rings is 2. The Morgan fingerprint density at radius 2 is 1.79 bits per heavy atom. The second-order valence-electron chi connectivity index (χ2n) is 8.41. The lowest BCUT2D eigenvalue weighted by molar-refractivity contribution is -0.121. The number of sulfonamides is 1. The van der Waals surface area contributed by atoms with E-state index in [2.05, 4.69) is 5.32 Å². The van der Waals surface area contributed by atoms with Crippen molar-refractivity contribution in [1.29, 1.82) is 0 Å². The Morgan fingerprint density at radius 3 is 2.64 bits per heavy atom. The smallest absolute Gasteiger partial charge is 0.243 e. The van der Waals surface area contributed by atoms with Gasteiger partial charge in [0.15, 0.2) is 11.5 Å². The summed E-state index contributed by atoms with van der Waals surface area (Å²) in [5.74, 6) is 1.36. The van der Waals surface area contributed by atoms with Crippen molar-refractivity contribution in [3.8, 4) is 11.5 Å². The quantitative estimate of drug-likeness (QED) is 0.574. The van der Waals surface area contributed by atoms with Gasteiger partial charge in [-0.25, -0.2) is 8.42 Å². The number of carbonyl (C=O) groups is 1. The molecule has 174 valence electrons. The molecule has 1 amide bonds. The first-order chi connectivity index (χ1) is 16.0. The normalized spacial score (nSPS) is 16.2. The molecule has 8 nitrogen and oxygen atoms in total. The molecule has 2 aliphatic rings. The summed E-state index contributed by atoms with van der Waals surface area (Å²) in [6.45, 7) is 2.32. The Kier molecular flexibility index (Phi) is 5.99. The molecule has 3 heterocycles. The van der Waals surface area contributed by atoms with E-state index >= 15 is 0 Å². The van der Waals surface area contributed by atoms with Crippen LogP contribution in [0, 0.1) is 0 Å². The Morgan fingerprint density at radius 1 is 0.970 bits per heavy atom. The zero-order chi connectivity index (χ0) is 22.8. The predicted octanol–water partition coefficient (Wildman–Crippen LogP) is 3.25. The van der Waals surface area contributed by atoms with E-state index in [0.29, 0.717) is 43.2 Å². The first-order valence-electron chi connectivity index (χ1n) is 11.2. The van der Waals surface area contributed by atoms with Crippen LogP contribution in [0.3, 0.4) is 0 Å². The van der Waals surface area contributed by atoms with Gasteiger partial charge in [-0.3, -0.25) is 4.79 Å². The average Bonchev–Trinajstić information content (AvgIpc) is 3.48. The summed E-state index contributed by atoms with van der Waals surface area (Å²) >= 11 is 0. The Hall–Kier alpha value is -3.04. The van der Waals surface area contributed by atoms with E-state index in [1.807, 2.05) is 41.1 Å². The van der Waals surface area contributed by atoms with Crippen molar-refractivity contribution in [2.45, 2.75) is 43.7 Å². The number of hydrogen-bond donors (Lipinski definition) is 1. The fourth-order valence-corrected chi connectivity index (χ4v) is 5.90. The van der Waals surface area contributed by atoms with Crippen LogP contribution in [0.15, 0.2) is 53.6 Å². The highest BCUT2D eigenvalue weighted by molar-refractivity contribution is 7.89. The molecule has 5 rings (SSSR count). The lowest BCUT2D eigenvalue weighted by Gasteiger charge is -2.25. The topological polar surface area (TPSA) is 89.9 Å². The van der Waals surface area contributed by atoms with Crippen molar-refractivity contribution < 1.29 is 22.7 Å². The average molecular weight is 470 g/mol. The van der Waals surface area contributed by atoms with Crippen LogP contribution in [0.1, 0.15) is 31.2 Å². The summed E-state index contributed by atoms with van der Waals surface area (Å²) in [5.41, 5.74) is 1.86. The van der Waals surface area contributed by atoms with Gasteiger partial charge in [-0.15, -0.1) is 0 Å². The van der Waals surface area contributed by atoms with Gasteiger partial charge >= 0.3 is 0 Å². The third-order valence-corrected chi connectivity index (χ3v) is 8.10. The number of nitrogens with zero attached hydrogens (tertiary/aromatic N) is 2. The van der Waals surface area contributed by atoms with Crippen LogP contribution >= 0.6 is 0 Å². The van der Waals surface area contributed by atoms with Crippen LogP contribution in [0.25, 0.3) is 10.9 Å². The maximum absolute atomic E-state index is 13.0. The molecule has 1 N–H and O–H groups in total. The monoisotopic (exact) mass is 469 g/mol. The van der Waals surface area contributed by atoms with Gasteiger partial charge in [0, 0.05) is 49.7 Å². The summed E-state index contributed by atoms with van der Waals surface area (Å²) in [4.78, 5) is 12.7. The van der Waals surface area contributed by atoms with Gasteiger partial charge in [0.2, 0.25) is 22.7 Å². The molecule has 1 saturated heterocycles. The number of amides is 1. The van der Waals surface area contributed by atoms with Crippen molar-refractivity contribution >= 4 is 26.8 Å². The zero-order valence-electron chi connectivity index (χ0n) is 18.3. The zero-order valence-corrected chi connectivity index (χ0v) is 19.1. The number of aryl methyl sites for hydroxylation is 1. The lowest BCUT2D eigenvalue weighted by atomic mass is 10.2. The van der Waals surface area contributed by atoms with Crippen molar-refractivity contribution in [2.75, 3.05) is 19.9 Å². The molecule has 0 radical (unpaired) electrons. The third kappa shape index (κ3) is 4.56. The van der Waals surface area contributed by atoms with Gasteiger partial charge < -0.3 is 19.4 Å². The number of aromatic nitrogens is 1. The molecule has 0 aliphatic carbocycles. The molecule has 0 unspecified atom stereocenters. The highest BCUT2D eigenvalue weighted by atomic mass is 32.2. The summed E-state index contributed by atoms with van der Waals surface area (Å²) in [5, 5.41) is 3.79. The second-order valence-corrected chi connectivity index (χ2v) is 10.3. The highest BCUT2D eigenvalue weighted by Gasteiger charge is 2.26. The minimum absolute atomic E-state index is 0.0567. The molecule has 2 aromatic carbocycles. The Labute approximate surface area is 193 Å². The van der Waals surface area contributed by atoms with Crippen molar-refractivity contribution in [3.63, 3.8) is 0 Å². The van der Waals surface area contributed by atoms with E-state index < -0.39 is 10.0 Å². The maximum atomic E-state index is 13.0. The van der Waals surface area contributed by atoms with Gasteiger partial charge in [0.25, 0.3) is 0 Å². The summed E-state index contributed by atoms with van der Waals surface area (Å²) < 4.78 is 40.1. The lowest BCUT2D eigenvalue weighted by Crippen LogP contribution is -2.35. The molecular weight excluding hydrogens is 442 g/mol. The van der Waals surface area contributed by atoms with E-state index in [4.69, 9.17) is 9.47 Å². The molecule has 1 aromatic heterocycles. The number of nitrogens with one attached hydrogen (secondary N) is 1. The van der Waals surface area contributed by atoms with Crippen LogP contribution < -0.4 is 14.8 Å². The van der Waals surface area contributed by atoms with E-state index in [0.717, 1.165) is 41.5 Å². The van der Waals surface area contributed by atoms with Gasteiger partial charge in [-0.05, 0) is 54.8 Å². The van der Waals surface area contributed by atoms with Gasteiger partial charge in [-0.2, -0.15) is 4.31 Å². The third-order valence-electron chi connectivity index (χ3n) is 6.20. The molecule has 0 spiro atoms. The van der Waals surface area contributed by atoms with Crippen LogP contribution in [-0.4, -0.2) is 43.1 Å². The Bertz CT molecular complexity index is 1280. The van der Waals surface area contributed by atoms with Crippen LogP contribution in [-0.2, 0) is 27.9 Å². The molecule has 3 aromatic rings. The standard InChI is InChI=1S/C24H27N3O5S/c28-24(25-16-18-4-7-22-23(14-18)32-17-31-22)9-13-26-12-8-19-15-20(5-6-21(19)26)33(29,30)27-10-2-1-3-11-27/h4-8,12,14-15H,1-3,9-11,13,16-17H2,(H,25,28). The molecular formula is C24H27N3O5S. The molecule has 0 saturated carbocycles. The SMILES string of the molecule is O=C(CCn1ccc2cc(S(=O)(=O)N3CCCCC3)ccc21)NCc1ccc2c(c1)OCO2. The number of piperidine rings is 1. The van der Waals surface area contributed by atoms with Crippen molar-refractivity contribution in [2.24, 2.45) is 0 Å². The van der Waals surface area contributed by atoms with Crippen molar-refractivity contribution in [1.82, 2.24) is 14.2 Å². The predicted molar refractivity (Wildman–Crippen MR) is 124 cm³/mol. The number of carbonyl (C=O) groups excluding carboxylic acids is 1. The van der Waals surface area contributed by atoms with Crippen molar-refractivity contribution in [3.05, 3.63) is 54.2 Å². The summed E-state index contributed by atoms with van der Waals surface area (Å²) in [7, 11) is -3.46. The van der Waals surface area contributed by atoms with E-state index in [-0.39, 0.29) is 12.7 Å². The molecule has 0 bridgehead atoms. The van der Waals surface area contributed by atoms with Crippen LogP contribution in [0.4, 0.5) is 0 Å². The molecule has 2 aliphatic heterocycles. The number of ether oxygens (including phenoxy) is 2. The number of rotatable bonds is 7. The summed E-state index contributed by atoms with van der Waals surface area (Å²) in [6.07, 6.45) is 5.12. The van der Waals surface area contributed by atoms with E-state index in [1.165, 1.54) is 0 Å². The molecule has 9 heteroatoms. The highest BCUT2D eigenvalue weighted by Crippen LogP contribution is 2.32. The first kappa shape index (κ1) is 21.8. The van der Waals surface area contributed by atoms with Crippen LogP contribution in [0.2, 0.25) is 0 Å². The summed E-state index contributed by atoms with van der Waals surface area (Å²) in [6, 6.07) is 12.7. The largest absolute Gasteiger partial charge is 0.454 e. The molecule has 0 atom stereocenters. The number of fused-ring (bicyclic) bond motifs is 2. The fourth-order valence-electron chi connectivity index (χ4n) is 4.35.